The first-order valence-electron chi connectivity index (χ1n) is 8.91. The van der Waals surface area contributed by atoms with Crippen LogP contribution in [0.15, 0.2) is 0 Å². The van der Waals surface area contributed by atoms with Gasteiger partial charge in [0.25, 0.3) is 0 Å². The van der Waals surface area contributed by atoms with Gasteiger partial charge in [-0.15, -0.1) is 0 Å². The van der Waals surface area contributed by atoms with E-state index in [-0.39, 0.29) is 6.09 Å². The molecule has 0 heterocycles. The number of carbonyl (C=O) groups excluding carboxylic acids is 1. The Morgan fingerprint density at radius 3 is 2.32 bits per heavy atom. The molecule has 0 spiro atoms. The normalized spacial score (nSPS) is 13.0. The van der Waals surface area contributed by atoms with Gasteiger partial charge in [-0.25, -0.2) is 4.79 Å². The molecule has 0 aliphatic carbocycles. The topological polar surface area (TPSA) is 41.6 Å². The zero-order valence-corrected chi connectivity index (χ0v) is 15.7. The number of hydrogen-bond acceptors (Lipinski definition) is 3. The summed E-state index contributed by atoms with van der Waals surface area (Å²) in [5.41, 5.74) is -0.426. The number of hydrogen-bond donors (Lipinski definition) is 1. The standard InChI is InChI=1S/C18H38N2O2/c1-7-8-9-10-11-12-13-19-14-16(2)15-20(6)17(21)22-18(3,4)5/h16,19H,7-15H2,1-6H3. The summed E-state index contributed by atoms with van der Waals surface area (Å²) in [6.45, 7) is 12.8. The van der Waals surface area contributed by atoms with Crippen LogP contribution in [-0.2, 0) is 4.74 Å². The monoisotopic (exact) mass is 314 g/mol. The van der Waals surface area contributed by atoms with Crippen LogP contribution >= 0.6 is 0 Å². The van der Waals surface area contributed by atoms with E-state index >= 15 is 0 Å². The van der Waals surface area contributed by atoms with Gasteiger partial charge in [0, 0.05) is 13.6 Å². The van der Waals surface area contributed by atoms with E-state index in [0.29, 0.717) is 5.92 Å². The third-order valence-electron chi connectivity index (χ3n) is 3.49. The van der Waals surface area contributed by atoms with Crippen LogP contribution < -0.4 is 5.32 Å². The van der Waals surface area contributed by atoms with Gasteiger partial charge < -0.3 is 15.0 Å². The maximum absolute atomic E-state index is 11.9. The molecule has 4 heteroatoms. The highest BCUT2D eigenvalue weighted by molar-refractivity contribution is 5.67. The molecule has 0 radical (unpaired) electrons. The average molecular weight is 315 g/mol. The predicted molar refractivity (Wildman–Crippen MR) is 94.3 cm³/mol. The lowest BCUT2D eigenvalue weighted by atomic mass is 10.1. The van der Waals surface area contributed by atoms with Crippen LogP contribution in [0.1, 0.15) is 73.1 Å². The molecular formula is C18H38N2O2. The van der Waals surface area contributed by atoms with Crippen molar-refractivity contribution in [1.82, 2.24) is 10.2 Å². The Morgan fingerprint density at radius 2 is 1.73 bits per heavy atom. The molecule has 132 valence electrons. The van der Waals surface area contributed by atoms with Gasteiger partial charge in [0.15, 0.2) is 0 Å². The molecular weight excluding hydrogens is 276 g/mol. The lowest BCUT2D eigenvalue weighted by Crippen LogP contribution is -2.38. The average Bonchev–Trinajstić information content (AvgIpc) is 2.39. The first-order chi connectivity index (χ1) is 10.3. The summed E-state index contributed by atoms with van der Waals surface area (Å²) < 4.78 is 5.36. The highest BCUT2D eigenvalue weighted by Crippen LogP contribution is 2.10. The van der Waals surface area contributed by atoms with Crippen LogP contribution in [-0.4, -0.2) is 43.3 Å². The van der Waals surface area contributed by atoms with Crippen molar-refractivity contribution in [3.8, 4) is 0 Å². The summed E-state index contributed by atoms with van der Waals surface area (Å²) in [6, 6.07) is 0. The third kappa shape index (κ3) is 12.9. The number of rotatable bonds is 11. The Kier molecular flexibility index (Phi) is 11.3. The molecule has 0 bridgehead atoms. The number of amides is 1. The third-order valence-corrected chi connectivity index (χ3v) is 3.49. The van der Waals surface area contributed by atoms with Crippen molar-refractivity contribution >= 4 is 6.09 Å². The van der Waals surface area contributed by atoms with Crippen LogP contribution in [0.2, 0.25) is 0 Å². The predicted octanol–water partition coefficient (Wildman–Crippen LogP) is 4.44. The van der Waals surface area contributed by atoms with Crippen molar-refractivity contribution in [2.75, 3.05) is 26.7 Å². The van der Waals surface area contributed by atoms with Gasteiger partial charge in [-0.1, -0.05) is 46.0 Å². The van der Waals surface area contributed by atoms with Crippen molar-refractivity contribution in [2.24, 2.45) is 5.92 Å². The Morgan fingerprint density at radius 1 is 1.14 bits per heavy atom. The van der Waals surface area contributed by atoms with Crippen molar-refractivity contribution in [3.63, 3.8) is 0 Å². The minimum atomic E-state index is -0.426. The maximum atomic E-state index is 11.9. The first kappa shape index (κ1) is 21.2. The molecule has 0 aromatic carbocycles. The van der Waals surface area contributed by atoms with Crippen LogP contribution in [0, 0.1) is 5.92 Å². The zero-order valence-electron chi connectivity index (χ0n) is 15.7. The molecule has 0 fully saturated rings. The lowest BCUT2D eigenvalue weighted by Gasteiger charge is -2.26. The molecule has 1 atom stereocenters. The fourth-order valence-electron chi connectivity index (χ4n) is 2.33. The van der Waals surface area contributed by atoms with Gasteiger partial charge in [0.1, 0.15) is 5.60 Å². The SMILES string of the molecule is CCCCCCCCNCC(C)CN(C)C(=O)OC(C)(C)C. The number of nitrogens with one attached hydrogen (secondary N) is 1. The molecule has 0 saturated heterocycles. The van der Waals surface area contributed by atoms with Gasteiger partial charge in [0.05, 0.1) is 0 Å². The van der Waals surface area contributed by atoms with Crippen LogP contribution in [0.4, 0.5) is 4.79 Å². The van der Waals surface area contributed by atoms with Crippen molar-refractivity contribution in [3.05, 3.63) is 0 Å². The quantitative estimate of drug-likeness (QED) is 0.573. The van der Waals surface area contributed by atoms with E-state index in [0.717, 1.165) is 19.6 Å². The summed E-state index contributed by atoms with van der Waals surface area (Å²) in [7, 11) is 1.80. The maximum Gasteiger partial charge on any atom is 0.410 e. The Bertz CT molecular complexity index is 287. The molecule has 22 heavy (non-hydrogen) atoms. The van der Waals surface area contributed by atoms with Gasteiger partial charge in [-0.2, -0.15) is 0 Å². The Labute approximate surface area is 138 Å². The van der Waals surface area contributed by atoms with E-state index in [1.54, 1.807) is 11.9 Å². The second kappa shape index (κ2) is 11.8. The molecule has 4 nitrogen and oxygen atoms in total. The number of ether oxygens (including phenoxy) is 1. The largest absolute Gasteiger partial charge is 0.444 e. The number of nitrogens with zero attached hydrogens (tertiary/aromatic N) is 1. The van der Waals surface area contributed by atoms with E-state index in [9.17, 15) is 4.79 Å². The van der Waals surface area contributed by atoms with Crippen LogP contribution in [0.5, 0.6) is 0 Å². The highest BCUT2D eigenvalue weighted by Gasteiger charge is 2.20. The lowest BCUT2D eigenvalue weighted by molar-refractivity contribution is 0.0277. The van der Waals surface area contributed by atoms with Gasteiger partial charge in [0.2, 0.25) is 0 Å². The smallest absolute Gasteiger partial charge is 0.410 e. The number of carbonyl (C=O) groups is 1. The fourth-order valence-corrected chi connectivity index (χ4v) is 2.33. The summed E-state index contributed by atoms with van der Waals surface area (Å²) in [6.07, 6.45) is 7.72. The van der Waals surface area contributed by atoms with Gasteiger partial charge in [-0.05, 0) is 46.2 Å². The van der Waals surface area contributed by atoms with E-state index in [1.807, 2.05) is 20.8 Å². The summed E-state index contributed by atoms with van der Waals surface area (Å²) in [5.74, 6) is 0.428. The second-order valence-electron chi connectivity index (χ2n) is 7.44. The van der Waals surface area contributed by atoms with E-state index in [2.05, 4.69) is 19.2 Å². The van der Waals surface area contributed by atoms with Crippen LogP contribution in [0.25, 0.3) is 0 Å². The van der Waals surface area contributed by atoms with Crippen molar-refractivity contribution < 1.29 is 9.53 Å². The molecule has 0 rings (SSSR count). The molecule has 1 unspecified atom stereocenters. The molecule has 0 saturated carbocycles. The molecule has 0 aromatic rings. The summed E-state index contributed by atoms with van der Waals surface area (Å²) >= 11 is 0. The Hall–Kier alpha value is -0.770. The van der Waals surface area contributed by atoms with E-state index in [1.165, 1.54) is 38.5 Å². The zero-order chi connectivity index (χ0) is 17.0. The van der Waals surface area contributed by atoms with E-state index < -0.39 is 5.60 Å². The minimum absolute atomic E-state index is 0.240. The van der Waals surface area contributed by atoms with E-state index in [4.69, 9.17) is 4.74 Å². The Balaban J connectivity index is 3.64. The van der Waals surface area contributed by atoms with Gasteiger partial charge in [-0.3, -0.25) is 0 Å². The summed E-state index contributed by atoms with van der Waals surface area (Å²) in [4.78, 5) is 13.5. The highest BCUT2D eigenvalue weighted by atomic mass is 16.6. The van der Waals surface area contributed by atoms with Crippen molar-refractivity contribution in [1.29, 1.82) is 0 Å². The van der Waals surface area contributed by atoms with Crippen LogP contribution in [0.3, 0.4) is 0 Å². The fraction of sp³-hybridized carbons (Fsp3) is 0.944. The van der Waals surface area contributed by atoms with Gasteiger partial charge >= 0.3 is 6.09 Å². The molecule has 0 aromatic heterocycles. The number of unbranched alkanes of at least 4 members (excludes halogenated alkanes) is 5. The first-order valence-corrected chi connectivity index (χ1v) is 8.91. The second-order valence-corrected chi connectivity index (χ2v) is 7.44. The summed E-state index contributed by atoms with van der Waals surface area (Å²) in [5, 5.41) is 3.49. The van der Waals surface area contributed by atoms with Crippen molar-refractivity contribution in [2.45, 2.75) is 78.7 Å². The molecule has 1 N–H and O–H groups in total. The molecule has 0 aliphatic rings. The minimum Gasteiger partial charge on any atom is -0.444 e. The molecule has 0 aliphatic heterocycles. The molecule has 1 amide bonds.